The van der Waals surface area contributed by atoms with Crippen LogP contribution >= 0.6 is 0 Å². The summed E-state index contributed by atoms with van der Waals surface area (Å²) in [5, 5.41) is 0. The number of sulfonamides is 1. The van der Waals surface area contributed by atoms with E-state index in [0.29, 0.717) is 25.7 Å². The molecular weight excluding hydrogens is 389 g/mol. The lowest BCUT2D eigenvalue weighted by Gasteiger charge is -2.41. The molecule has 150 valence electrons. The summed E-state index contributed by atoms with van der Waals surface area (Å²) in [5.74, 6) is 0. The van der Waals surface area contributed by atoms with Gasteiger partial charge in [0.1, 0.15) is 0 Å². The van der Waals surface area contributed by atoms with Crippen LogP contribution < -0.4 is 0 Å². The maximum Gasteiger partial charge on any atom is 0.416 e. The molecule has 0 aromatic heterocycles. The smallest absolute Gasteiger partial charge is 0.297 e. The number of nitrogens with zero attached hydrogens (tertiary/aromatic N) is 2. The maximum absolute atomic E-state index is 13.3. The van der Waals surface area contributed by atoms with Gasteiger partial charge >= 0.3 is 6.18 Å². The predicted octanol–water partition coefficient (Wildman–Crippen LogP) is 3.92. The number of alkyl halides is 3. The van der Waals surface area contributed by atoms with Crippen LogP contribution in [0.15, 0.2) is 59.5 Å². The van der Waals surface area contributed by atoms with Gasteiger partial charge in [-0.3, -0.25) is 4.90 Å². The van der Waals surface area contributed by atoms with E-state index in [1.165, 1.54) is 4.31 Å². The Bertz CT molecular complexity index is 926. The standard InChI is InChI=1S/C20H21F3N2O2S/c21-20(22,23)16-6-10-18(11-7-16)28(26,27)25-13-12-24(17-8-9-17)14-19(25)15-4-2-1-3-5-15/h1-7,10-11,17,19H,8-9,12-14H2. The molecule has 0 amide bonds. The molecule has 1 aliphatic carbocycles. The molecule has 0 spiro atoms. The monoisotopic (exact) mass is 410 g/mol. The normalized spacial score (nSPS) is 22.3. The van der Waals surface area contributed by atoms with Crippen LogP contribution in [0.25, 0.3) is 0 Å². The van der Waals surface area contributed by atoms with Crippen molar-refractivity contribution in [3.8, 4) is 0 Å². The molecule has 0 radical (unpaired) electrons. The van der Waals surface area contributed by atoms with Crippen molar-refractivity contribution >= 4 is 10.0 Å². The van der Waals surface area contributed by atoms with Gasteiger partial charge in [0.05, 0.1) is 16.5 Å². The summed E-state index contributed by atoms with van der Waals surface area (Å²) >= 11 is 0. The van der Waals surface area contributed by atoms with Gasteiger partial charge in [0, 0.05) is 25.7 Å². The molecule has 1 atom stereocenters. The third kappa shape index (κ3) is 3.81. The van der Waals surface area contributed by atoms with E-state index in [1.54, 1.807) is 0 Å². The highest BCUT2D eigenvalue weighted by molar-refractivity contribution is 7.89. The SMILES string of the molecule is O=S(=O)(c1ccc(C(F)(F)F)cc1)N1CCN(C2CC2)CC1c1ccccc1. The Morgan fingerprint density at radius 3 is 2.11 bits per heavy atom. The van der Waals surface area contributed by atoms with Crippen molar-refractivity contribution in [3.05, 3.63) is 65.7 Å². The van der Waals surface area contributed by atoms with E-state index in [1.807, 2.05) is 30.3 Å². The van der Waals surface area contributed by atoms with Gasteiger partial charge in [-0.1, -0.05) is 30.3 Å². The average molecular weight is 410 g/mol. The Balaban J connectivity index is 1.66. The molecule has 0 bridgehead atoms. The largest absolute Gasteiger partial charge is 0.416 e. The Hall–Kier alpha value is -1.90. The summed E-state index contributed by atoms with van der Waals surface area (Å²) in [6.07, 6.45) is -2.23. The van der Waals surface area contributed by atoms with Crippen molar-refractivity contribution in [1.82, 2.24) is 9.21 Å². The Labute approximate surface area is 162 Å². The van der Waals surface area contributed by atoms with E-state index >= 15 is 0 Å². The van der Waals surface area contributed by atoms with Crippen molar-refractivity contribution in [2.24, 2.45) is 0 Å². The first-order chi connectivity index (χ1) is 13.3. The number of piperazine rings is 1. The second-order valence-electron chi connectivity index (χ2n) is 7.29. The van der Waals surface area contributed by atoms with Gasteiger partial charge in [0.2, 0.25) is 10.0 Å². The highest BCUT2D eigenvalue weighted by Gasteiger charge is 2.41. The Kier molecular flexibility index (Phi) is 4.97. The minimum Gasteiger partial charge on any atom is -0.297 e. The molecular formula is C20H21F3N2O2S. The first-order valence-electron chi connectivity index (χ1n) is 9.25. The number of rotatable bonds is 4. The fourth-order valence-electron chi connectivity index (χ4n) is 3.74. The minimum absolute atomic E-state index is 0.110. The molecule has 1 unspecified atom stereocenters. The van der Waals surface area contributed by atoms with E-state index in [2.05, 4.69) is 4.90 Å². The molecule has 1 saturated heterocycles. The fraction of sp³-hybridized carbons (Fsp3) is 0.400. The van der Waals surface area contributed by atoms with Gasteiger partial charge in [-0.15, -0.1) is 0 Å². The van der Waals surface area contributed by atoms with Gasteiger partial charge in [-0.25, -0.2) is 8.42 Å². The molecule has 4 rings (SSSR count). The molecule has 1 saturated carbocycles. The summed E-state index contributed by atoms with van der Waals surface area (Å²) in [6.45, 7) is 1.54. The first-order valence-corrected chi connectivity index (χ1v) is 10.7. The van der Waals surface area contributed by atoms with E-state index < -0.39 is 21.8 Å². The Morgan fingerprint density at radius 2 is 1.54 bits per heavy atom. The molecule has 1 heterocycles. The number of hydrogen-bond donors (Lipinski definition) is 0. The fourth-order valence-corrected chi connectivity index (χ4v) is 5.34. The van der Waals surface area contributed by atoms with Crippen LogP contribution in [0.1, 0.15) is 30.0 Å². The molecule has 2 aliphatic rings. The zero-order valence-corrected chi connectivity index (χ0v) is 16.0. The lowest BCUT2D eigenvalue weighted by atomic mass is 10.0. The predicted molar refractivity (Wildman–Crippen MR) is 99.1 cm³/mol. The van der Waals surface area contributed by atoms with Gasteiger partial charge in [-0.05, 0) is 42.7 Å². The zero-order chi connectivity index (χ0) is 19.9. The van der Waals surface area contributed by atoms with Gasteiger partial charge < -0.3 is 0 Å². The van der Waals surface area contributed by atoms with Gasteiger partial charge in [-0.2, -0.15) is 17.5 Å². The van der Waals surface area contributed by atoms with Crippen molar-refractivity contribution in [2.75, 3.05) is 19.6 Å². The second kappa shape index (κ2) is 7.17. The molecule has 0 N–H and O–H groups in total. The molecule has 8 heteroatoms. The number of benzene rings is 2. The molecule has 2 fully saturated rings. The molecule has 2 aromatic carbocycles. The van der Waals surface area contributed by atoms with Crippen LogP contribution in [0.2, 0.25) is 0 Å². The summed E-state index contributed by atoms with van der Waals surface area (Å²) in [5.41, 5.74) is 0.0351. The lowest BCUT2D eigenvalue weighted by molar-refractivity contribution is -0.137. The first kappa shape index (κ1) is 19.4. The van der Waals surface area contributed by atoms with E-state index in [0.717, 1.165) is 42.7 Å². The van der Waals surface area contributed by atoms with Crippen LogP contribution in [0.3, 0.4) is 0 Å². The average Bonchev–Trinajstić information content (AvgIpc) is 3.53. The van der Waals surface area contributed by atoms with Crippen LogP contribution in [-0.2, 0) is 16.2 Å². The van der Waals surface area contributed by atoms with Crippen LogP contribution in [-0.4, -0.2) is 43.3 Å². The topological polar surface area (TPSA) is 40.6 Å². The van der Waals surface area contributed by atoms with Crippen molar-refractivity contribution < 1.29 is 21.6 Å². The van der Waals surface area contributed by atoms with Crippen molar-refractivity contribution in [1.29, 1.82) is 0 Å². The van der Waals surface area contributed by atoms with Crippen LogP contribution in [0.5, 0.6) is 0 Å². The van der Waals surface area contributed by atoms with Crippen molar-refractivity contribution in [3.63, 3.8) is 0 Å². The highest BCUT2D eigenvalue weighted by Crippen LogP contribution is 2.37. The van der Waals surface area contributed by atoms with Crippen LogP contribution in [0, 0.1) is 0 Å². The summed E-state index contributed by atoms with van der Waals surface area (Å²) in [7, 11) is -3.91. The van der Waals surface area contributed by atoms with Gasteiger partial charge in [0.15, 0.2) is 0 Å². The highest BCUT2D eigenvalue weighted by atomic mass is 32.2. The molecule has 1 aliphatic heterocycles. The van der Waals surface area contributed by atoms with Crippen molar-refractivity contribution in [2.45, 2.75) is 36.0 Å². The zero-order valence-electron chi connectivity index (χ0n) is 15.1. The quantitative estimate of drug-likeness (QED) is 0.767. The summed E-state index contributed by atoms with van der Waals surface area (Å²) in [6, 6.07) is 13.3. The van der Waals surface area contributed by atoms with E-state index in [9.17, 15) is 21.6 Å². The number of hydrogen-bond acceptors (Lipinski definition) is 3. The third-order valence-electron chi connectivity index (χ3n) is 5.40. The summed E-state index contributed by atoms with van der Waals surface area (Å²) in [4.78, 5) is 2.21. The van der Waals surface area contributed by atoms with E-state index in [-0.39, 0.29) is 10.9 Å². The maximum atomic E-state index is 13.3. The lowest BCUT2D eigenvalue weighted by Crippen LogP contribution is -2.51. The number of halogens is 3. The van der Waals surface area contributed by atoms with E-state index in [4.69, 9.17) is 0 Å². The Morgan fingerprint density at radius 1 is 0.893 bits per heavy atom. The summed E-state index contributed by atoms with van der Waals surface area (Å²) < 4.78 is 66.4. The molecule has 28 heavy (non-hydrogen) atoms. The molecule has 2 aromatic rings. The molecule has 4 nitrogen and oxygen atoms in total. The van der Waals surface area contributed by atoms with Crippen LogP contribution in [0.4, 0.5) is 13.2 Å². The minimum atomic E-state index is -4.50. The third-order valence-corrected chi connectivity index (χ3v) is 7.32. The van der Waals surface area contributed by atoms with Gasteiger partial charge in [0.25, 0.3) is 0 Å². The second-order valence-corrected chi connectivity index (χ2v) is 9.18.